The molecule has 2 aromatic heterocycles. The van der Waals surface area contributed by atoms with Crippen molar-refractivity contribution in [2.24, 2.45) is 5.92 Å². The molecule has 3 aromatic rings. The van der Waals surface area contributed by atoms with E-state index in [1.165, 1.54) is 5.69 Å². The van der Waals surface area contributed by atoms with Gasteiger partial charge in [0.25, 0.3) is 0 Å². The van der Waals surface area contributed by atoms with Gasteiger partial charge in [-0.25, -0.2) is 9.97 Å². The van der Waals surface area contributed by atoms with E-state index in [0.29, 0.717) is 11.7 Å². The normalized spacial score (nSPS) is 15.7. The second kappa shape index (κ2) is 5.94. The molecule has 6 heteroatoms. The van der Waals surface area contributed by atoms with Gasteiger partial charge in [-0.2, -0.15) is 0 Å². The number of aromatic nitrogens is 3. The average molecular weight is 325 g/mol. The fraction of sp³-hybridized carbons (Fsp3) is 0.444. The fourth-order valence-electron chi connectivity index (χ4n) is 3.40. The number of imidazole rings is 1. The summed E-state index contributed by atoms with van der Waals surface area (Å²) in [6.45, 7) is 7.66. The highest BCUT2D eigenvalue weighted by Gasteiger charge is 2.23. The monoisotopic (exact) mass is 325 g/mol. The number of benzene rings is 1. The first-order chi connectivity index (χ1) is 11.6. The summed E-state index contributed by atoms with van der Waals surface area (Å²) in [4.78, 5) is 11.7. The smallest absolute Gasteiger partial charge is 0.182 e. The molecule has 1 saturated heterocycles. The molecule has 1 aliphatic rings. The van der Waals surface area contributed by atoms with Gasteiger partial charge in [-0.15, -0.1) is 0 Å². The van der Waals surface area contributed by atoms with E-state index in [0.717, 1.165) is 55.2 Å². The molecule has 6 nitrogen and oxygen atoms in total. The maximum Gasteiger partial charge on any atom is 0.182 e. The highest BCUT2D eigenvalue weighted by atomic mass is 16.5. The number of fused-ring (bicyclic) bond motifs is 3. The minimum Gasteiger partial charge on any atom is -0.381 e. The van der Waals surface area contributed by atoms with Crippen molar-refractivity contribution in [1.82, 2.24) is 14.4 Å². The number of ether oxygens (including phenoxy) is 1. The molecular weight excluding hydrogens is 302 g/mol. The Morgan fingerprint density at radius 3 is 2.67 bits per heavy atom. The topological polar surface area (TPSA) is 68.7 Å². The zero-order chi connectivity index (χ0) is 16.7. The number of para-hydroxylation sites is 2. The van der Waals surface area contributed by atoms with Crippen molar-refractivity contribution in [2.45, 2.75) is 20.3 Å². The number of nitrogen functional groups attached to an aromatic ring is 1. The molecule has 126 valence electrons. The van der Waals surface area contributed by atoms with Gasteiger partial charge in [0.05, 0.1) is 29.9 Å². The van der Waals surface area contributed by atoms with E-state index in [2.05, 4.69) is 34.2 Å². The lowest BCUT2D eigenvalue weighted by molar-refractivity contribution is 0.122. The Kier molecular flexibility index (Phi) is 3.76. The van der Waals surface area contributed by atoms with Crippen LogP contribution < -0.4 is 10.6 Å². The van der Waals surface area contributed by atoms with Gasteiger partial charge in [-0.1, -0.05) is 26.0 Å². The van der Waals surface area contributed by atoms with E-state index in [-0.39, 0.29) is 0 Å². The quantitative estimate of drug-likeness (QED) is 0.801. The van der Waals surface area contributed by atoms with Crippen LogP contribution in [0.3, 0.4) is 0 Å². The molecule has 0 radical (unpaired) electrons. The standard InChI is InChI=1S/C18H23N5O/c1-12(2)11-15-17(22-7-9-24-10-8-22)21-18-16(19)20-13-5-3-4-6-14(13)23(15)18/h3-6,12H,7-11H2,1-2H3,(H2,19,20). The van der Waals surface area contributed by atoms with E-state index >= 15 is 0 Å². The van der Waals surface area contributed by atoms with Gasteiger partial charge in [0, 0.05) is 13.1 Å². The van der Waals surface area contributed by atoms with Crippen LogP contribution in [0, 0.1) is 5.92 Å². The third-order valence-corrected chi connectivity index (χ3v) is 4.46. The first-order valence-corrected chi connectivity index (χ1v) is 8.53. The van der Waals surface area contributed by atoms with Gasteiger partial charge in [0.15, 0.2) is 17.3 Å². The molecule has 24 heavy (non-hydrogen) atoms. The second-order valence-electron chi connectivity index (χ2n) is 6.72. The van der Waals surface area contributed by atoms with Gasteiger partial charge < -0.3 is 15.4 Å². The molecule has 1 fully saturated rings. The molecule has 1 aliphatic heterocycles. The van der Waals surface area contributed by atoms with Gasteiger partial charge >= 0.3 is 0 Å². The fourth-order valence-corrected chi connectivity index (χ4v) is 3.40. The SMILES string of the molecule is CC(C)Cc1c(N2CCOCC2)nc2c(N)nc3ccccc3n12. The lowest BCUT2D eigenvalue weighted by atomic mass is 10.1. The molecule has 0 bridgehead atoms. The van der Waals surface area contributed by atoms with Crippen molar-refractivity contribution in [3.63, 3.8) is 0 Å². The van der Waals surface area contributed by atoms with Crippen molar-refractivity contribution in [2.75, 3.05) is 36.9 Å². The largest absolute Gasteiger partial charge is 0.381 e. The van der Waals surface area contributed by atoms with Crippen molar-refractivity contribution < 1.29 is 4.74 Å². The lowest BCUT2D eigenvalue weighted by Crippen LogP contribution is -2.37. The summed E-state index contributed by atoms with van der Waals surface area (Å²) < 4.78 is 7.69. The first-order valence-electron chi connectivity index (χ1n) is 8.53. The highest BCUT2D eigenvalue weighted by Crippen LogP contribution is 2.30. The number of morpholine rings is 1. The van der Waals surface area contributed by atoms with Crippen LogP contribution >= 0.6 is 0 Å². The van der Waals surface area contributed by atoms with Crippen LogP contribution in [-0.4, -0.2) is 40.7 Å². The third kappa shape index (κ3) is 2.47. The maximum atomic E-state index is 6.23. The Labute approximate surface area is 141 Å². The molecule has 3 heterocycles. The van der Waals surface area contributed by atoms with Crippen molar-refractivity contribution in [3.05, 3.63) is 30.0 Å². The summed E-state index contributed by atoms with van der Waals surface area (Å²) in [6, 6.07) is 8.11. The summed E-state index contributed by atoms with van der Waals surface area (Å²) in [6.07, 6.45) is 0.946. The minimum absolute atomic E-state index is 0.484. The van der Waals surface area contributed by atoms with Crippen molar-refractivity contribution >= 4 is 28.3 Å². The Morgan fingerprint density at radius 1 is 1.17 bits per heavy atom. The molecular formula is C18H23N5O. The molecule has 0 saturated carbocycles. The van der Waals surface area contributed by atoms with Crippen LogP contribution in [0.5, 0.6) is 0 Å². The Morgan fingerprint density at radius 2 is 1.92 bits per heavy atom. The number of nitrogens with zero attached hydrogens (tertiary/aromatic N) is 4. The number of hydrogen-bond acceptors (Lipinski definition) is 5. The number of anilines is 2. The number of hydrogen-bond donors (Lipinski definition) is 1. The summed E-state index contributed by atoms with van der Waals surface area (Å²) >= 11 is 0. The van der Waals surface area contributed by atoms with E-state index in [1.807, 2.05) is 18.2 Å². The Bertz CT molecular complexity index is 880. The van der Waals surface area contributed by atoms with Crippen LogP contribution in [0.1, 0.15) is 19.5 Å². The van der Waals surface area contributed by atoms with Crippen LogP contribution in [-0.2, 0) is 11.2 Å². The van der Waals surface area contributed by atoms with Crippen molar-refractivity contribution in [1.29, 1.82) is 0 Å². The zero-order valence-electron chi connectivity index (χ0n) is 14.2. The predicted octanol–water partition coefficient (Wildman–Crippen LogP) is 2.50. The maximum absolute atomic E-state index is 6.23. The lowest BCUT2D eigenvalue weighted by Gasteiger charge is -2.28. The van der Waals surface area contributed by atoms with Gasteiger partial charge in [-0.3, -0.25) is 4.40 Å². The molecule has 4 rings (SSSR count). The van der Waals surface area contributed by atoms with Crippen LogP contribution in [0.15, 0.2) is 24.3 Å². The molecule has 0 aliphatic carbocycles. The van der Waals surface area contributed by atoms with Crippen LogP contribution in [0.25, 0.3) is 16.7 Å². The van der Waals surface area contributed by atoms with E-state index < -0.39 is 0 Å². The molecule has 0 unspecified atom stereocenters. The predicted molar refractivity (Wildman–Crippen MR) is 96.5 cm³/mol. The minimum atomic E-state index is 0.484. The second-order valence-corrected chi connectivity index (χ2v) is 6.72. The Balaban J connectivity index is 2.01. The van der Waals surface area contributed by atoms with Gasteiger partial charge in [0.2, 0.25) is 0 Å². The first kappa shape index (κ1) is 15.2. The summed E-state index contributed by atoms with van der Waals surface area (Å²) in [5.41, 5.74) is 10.2. The third-order valence-electron chi connectivity index (χ3n) is 4.46. The summed E-state index contributed by atoms with van der Waals surface area (Å²) in [5, 5.41) is 0. The van der Waals surface area contributed by atoms with Gasteiger partial charge in [0.1, 0.15) is 0 Å². The van der Waals surface area contributed by atoms with E-state index in [9.17, 15) is 0 Å². The van der Waals surface area contributed by atoms with Crippen LogP contribution in [0.2, 0.25) is 0 Å². The molecule has 0 atom stereocenters. The molecule has 0 amide bonds. The molecule has 0 spiro atoms. The Hall–Kier alpha value is -2.34. The number of nitrogens with two attached hydrogens (primary N) is 1. The van der Waals surface area contributed by atoms with Gasteiger partial charge in [-0.05, 0) is 24.5 Å². The van der Waals surface area contributed by atoms with E-state index in [1.54, 1.807) is 0 Å². The zero-order valence-corrected chi connectivity index (χ0v) is 14.2. The molecule has 1 aromatic carbocycles. The summed E-state index contributed by atoms with van der Waals surface area (Å²) in [7, 11) is 0. The summed E-state index contributed by atoms with van der Waals surface area (Å²) in [5.74, 6) is 2.04. The molecule has 2 N–H and O–H groups in total. The average Bonchev–Trinajstić information content (AvgIpc) is 2.95. The van der Waals surface area contributed by atoms with Crippen molar-refractivity contribution in [3.8, 4) is 0 Å². The van der Waals surface area contributed by atoms with E-state index in [4.69, 9.17) is 15.5 Å². The number of rotatable bonds is 3. The van der Waals surface area contributed by atoms with Crippen LogP contribution in [0.4, 0.5) is 11.6 Å². The highest BCUT2D eigenvalue weighted by molar-refractivity contribution is 5.84.